The van der Waals surface area contributed by atoms with Crippen molar-refractivity contribution in [2.75, 3.05) is 31.5 Å². The molecule has 0 spiro atoms. The minimum Gasteiger partial charge on any atom is -0.338 e. The molecule has 0 saturated carbocycles. The molecular formula is C14H21Cl2N3O. The van der Waals surface area contributed by atoms with Crippen LogP contribution in [0, 0.1) is 0 Å². The van der Waals surface area contributed by atoms with E-state index in [-0.39, 0.29) is 6.03 Å². The zero-order chi connectivity index (χ0) is 15.0. The quantitative estimate of drug-likeness (QED) is 0.750. The Morgan fingerprint density at radius 1 is 1.25 bits per heavy atom. The maximum absolute atomic E-state index is 11.7. The molecule has 0 bridgehead atoms. The number of rotatable bonds is 7. The molecule has 1 aromatic rings. The second-order valence-electron chi connectivity index (χ2n) is 4.36. The van der Waals surface area contributed by atoms with Gasteiger partial charge in [0.15, 0.2) is 0 Å². The molecule has 0 aliphatic carbocycles. The number of urea groups is 1. The van der Waals surface area contributed by atoms with Gasteiger partial charge in [0.05, 0.1) is 15.7 Å². The minimum absolute atomic E-state index is 0.270. The largest absolute Gasteiger partial charge is 0.338 e. The topological polar surface area (TPSA) is 44.4 Å². The van der Waals surface area contributed by atoms with Crippen molar-refractivity contribution in [3.8, 4) is 0 Å². The smallest absolute Gasteiger partial charge is 0.319 e. The standard InChI is InChI=1S/C14H21Cl2N3O/c1-3-19(4-2)10-6-9-17-14(20)18-12-8-5-7-11(15)13(12)16/h5,7-8H,3-4,6,9-10H2,1-2H3,(H2,17,18,20). The van der Waals surface area contributed by atoms with Gasteiger partial charge in [-0.2, -0.15) is 0 Å². The van der Waals surface area contributed by atoms with Gasteiger partial charge < -0.3 is 15.5 Å². The summed E-state index contributed by atoms with van der Waals surface area (Å²) in [7, 11) is 0. The lowest BCUT2D eigenvalue weighted by Gasteiger charge is -2.17. The number of carbonyl (C=O) groups excluding carboxylic acids is 1. The third-order valence-electron chi connectivity index (χ3n) is 3.03. The second kappa shape index (κ2) is 9.06. The van der Waals surface area contributed by atoms with Crippen LogP contribution in [0.5, 0.6) is 0 Å². The van der Waals surface area contributed by atoms with E-state index >= 15 is 0 Å². The van der Waals surface area contributed by atoms with Crippen LogP contribution in [0.1, 0.15) is 20.3 Å². The van der Waals surface area contributed by atoms with Crippen molar-refractivity contribution in [2.24, 2.45) is 0 Å². The highest BCUT2D eigenvalue weighted by Gasteiger charge is 2.07. The molecule has 0 aromatic heterocycles. The van der Waals surface area contributed by atoms with E-state index in [0.717, 1.165) is 26.1 Å². The Balaban J connectivity index is 2.32. The Morgan fingerprint density at radius 2 is 1.95 bits per heavy atom. The molecule has 0 heterocycles. The number of nitrogens with zero attached hydrogens (tertiary/aromatic N) is 1. The molecule has 2 N–H and O–H groups in total. The summed E-state index contributed by atoms with van der Waals surface area (Å²) in [5.41, 5.74) is 0.514. The number of carbonyl (C=O) groups is 1. The van der Waals surface area contributed by atoms with Gasteiger partial charge >= 0.3 is 6.03 Å². The Bertz CT molecular complexity index is 436. The average Bonchev–Trinajstić information content (AvgIpc) is 2.44. The molecule has 112 valence electrons. The number of benzene rings is 1. The second-order valence-corrected chi connectivity index (χ2v) is 5.15. The van der Waals surface area contributed by atoms with Crippen LogP contribution in [0.25, 0.3) is 0 Å². The Hall–Kier alpha value is -0.970. The molecule has 20 heavy (non-hydrogen) atoms. The first-order valence-corrected chi connectivity index (χ1v) is 7.55. The van der Waals surface area contributed by atoms with E-state index in [2.05, 4.69) is 29.4 Å². The van der Waals surface area contributed by atoms with Crippen LogP contribution in [0.3, 0.4) is 0 Å². The first-order chi connectivity index (χ1) is 9.58. The fraction of sp³-hybridized carbons (Fsp3) is 0.500. The number of hydrogen-bond acceptors (Lipinski definition) is 2. The van der Waals surface area contributed by atoms with Crippen LogP contribution in [-0.2, 0) is 0 Å². The van der Waals surface area contributed by atoms with Gasteiger partial charge in [0.2, 0.25) is 0 Å². The molecule has 6 heteroatoms. The zero-order valence-corrected chi connectivity index (χ0v) is 13.4. The van der Waals surface area contributed by atoms with Crippen LogP contribution in [0.4, 0.5) is 10.5 Å². The number of nitrogens with one attached hydrogen (secondary N) is 2. The summed E-state index contributed by atoms with van der Waals surface area (Å²) in [5, 5.41) is 6.27. The highest BCUT2D eigenvalue weighted by atomic mass is 35.5. The molecule has 0 saturated heterocycles. The summed E-state index contributed by atoms with van der Waals surface area (Å²) in [5.74, 6) is 0. The van der Waals surface area contributed by atoms with Gasteiger partial charge in [-0.15, -0.1) is 0 Å². The summed E-state index contributed by atoms with van der Waals surface area (Å²) < 4.78 is 0. The summed E-state index contributed by atoms with van der Waals surface area (Å²) in [6.45, 7) is 7.92. The lowest BCUT2D eigenvalue weighted by atomic mass is 10.3. The zero-order valence-electron chi connectivity index (χ0n) is 11.9. The van der Waals surface area contributed by atoms with Gasteiger partial charge in [-0.05, 0) is 38.2 Å². The fourth-order valence-corrected chi connectivity index (χ4v) is 2.16. The van der Waals surface area contributed by atoms with E-state index in [1.54, 1.807) is 18.2 Å². The van der Waals surface area contributed by atoms with Gasteiger partial charge in [0, 0.05) is 6.54 Å². The molecule has 4 nitrogen and oxygen atoms in total. The first kappa shape index (κ1) is 17.1. The molecule has 1 aromatic carbocycles. The molecule has 0 unspecified atom stereocenters. The molecule has 0 aliphatic rings. The van der Waals surface area contributed by atoms with Crippen LogP contribution < -0.4 is 10.6 Å². The Kier molecular flexibility index (Phi) is 7.73. The van der Waals surface area contributed by atoms with Crippen molar-refractivity contribution >= 4 is 34.9 Å². The number of halogens is 2. The predicted molar refractivity (Wildman–Crippen MR) is 85.9 cm³/mol. The van der Waals surface area contributed by atoms with E-state index < -0.39 is 0 Å². The maximum atomic E-state index is 11.7. The van der Waals surface area contributed by atoms with Crippen LogP contribution in [0.15, 0.2) is 18.2 Å². The van der Waals surface area contributed by atoms with E-state index in [1.807, 2.05) is 0 Å². The third-order valence-corrected chi connectivity index (χ3v) is 3.85. The van der Waals surface area contributed by atoms with Crippen LogP contribution in [-0.4, -0.2) is 37.1 Å². The maximum Gasteiger partial charge on any atom is 0.319 e. The predicted octanol–water partition coefficient (Wildman–Crippen LogP) is 3.85. The lowest BCUT2D eigenvalue weighted by molar-refractivity contribution is 0.250. The lowest BCUT2D eigenvalue weighted by Crippen LogP contribution is -2.32. The van der Waals surface area contributed by atoms with E-state index in [0.29, 0.717) is 22.3 Å². The summed E-state index contributed by atoms with van der Waals surface area (Å²) in [6.07, 6.45) is 0.915. The SMILES string of the molecule is CCN(CC)CCCNC(=O)Nc1cccc(Cl)c1Cl. The summed E-state index contributed by atoms with van der Waals surface area (Å²) >= 11 is 11.9. The highest BCUT2D eigenvalue weighted by Crippen LogP contribution is 2.29. The normalized spacial score (nSPS) is 10.7. The minimum atomic E-state index is -0.270. The molecule has 1 rings (SSSR count). The van der Waals surface area contributed by atoms with Gasteiger partial charge in [-0.3, -0.25) is 0 Å². The molecule has 0 aliphatic heterocycles. The van der Waals surface area contributed by atoms with Crippen molar-refractivity contribution in [2.45, 2.75) is 20.3 Å². The van der Waals surface area contributed by atoms with E-state index in [9.17, 15) is 4.79 Å². The third kappa shape index (κ3) is 5.57. The van der Waals surface area contributed by atoms with Crippen molar-refractivity contribution in [3.63, 3.8) is 0 Å². The van der Waals surface area contributed by atoms with Gasteiger partial charge in [0.1, 0.15) is 0 Å². The van der Waals surface area contributed by atoms with Crippen molar-refractivity contribution < 1.29 is 4.79 Å². The van der Waals surface area contributed by atoms with Crippen molar-refractivity contribution in [3.05, 3.63) is 28.2 Å². The van der Waals surface area contributed by atoms with Crippen molar-refractivity contribution in [1.82, 2.24) is 10.2 Å². The number of anilines is 1. The van der Waals surface area contributed by atoms with Crippen LogP contribution in [0.2, 0.25) is 10.0 Å². The van der Waals surface area contributed by atoms with Crippen molar-refractivity contribution in [1.29, 1.82) is 0 Å². The monoisotopic (exact) mass is 317 g/mol. The number of hydrogen-bond donors (Lipinski definition) is 2. The molecule has 0 atom stereocenters. The summed E-state index contributed by atoms with van der Waals surface area (Å²) in [6, 6.07) is 4.86. The number of amides is 2. The van der Waals surface area contributed by atoms with E-state index in [1.165, 1.54) is 0 Å². The van der Waals surface area contributed by atoms with Gasteiger partial charge in [-0.25, -0.2) is 4.79 Å². The summed E-state index contributed by atoms with van der Waals surface area (Å²) in [4.78, 5) is 14.0. The Labute approximate surface area is 130 Å². The van der Waals surface area contributed by atoms with Gasteiger partial charge in [0.25, 0.3) is 0 Å². The Morgan fingerprint density at radius 3 is 2.60 bits per heavy atom. The molecule has 2 amide bonds. The van der Waals surface area contributed by atoms with Gasteiger partial charge in [-0.1, -0.05) is 43.1 Å². The average molecular weight is 318 g/mol. The first-order valence-electron chi connectivity index (χ1n) is 6.79. The highest BCUT2D eigenvalue weighted by molar-refractivity contribution is 6.43. The molecule has 0 radical (unpaired) electrons. The molecular weight excluding hydrogens is 297 g/mol. The fourth-order valence-electron chi connectivity index (χ4n) is 1.81. The van der Waals surface area contributed by atoms with Crippen LogP contribution >= 0.6 is 23.2 Å². The molecule has 0 fully saturated rings. The van der Waals surface area contributed by atoms with E-state index in [4.69, 9.17) is 23.2 Å².